The topological polar surface area (TPSA) is 66.6 Å². The minimum absolute atomic E-state index is 0.0234. The van der Waals surface area contributed by atoms with Crippen molar-refractivity contribution in [3.63, 3.8) is 0 Å². The number of amides is 2. The molecule has 0 aliphatic carbocycles. The number of para-hydroxylation sites is 1. The molecule has 2 N–H and O–H groups in total. The zero-order valence-electron chi connectivity index (χ0n) is 17.4. The van der Waals surface area contributed by atoms with Crippen molar-refractivity contribution in [3.05, 3.63) is 65.9 Å². The fourth-order valence-electron chi connectivity index (χ4n) is 3.90. The second-order valence-electron chi connectivity index (χ2n) is 7.34. The van der Waals surface area contributed by atoms with Gasteiger partial charge in [-0.15, -0.1) is 0 Å². The second kappa shape index (κ2) is 8.95. The Kier molecular flexibility index (Phi) is 5.93. The lowest BCUT2D eigenvalue weighted by Gasteiger charge is -2.26. The van der Waals surface area contributed by atoms with Gasteiger partial charge >= 0.3 is 6.03 Å². The van der Waals surface area contributed by atoms with E-state index in [1.54, 1.807) is 14.2 Å². The molecule has 0 unspecified atom stereocenters. The monoisotopic (exact) mass is 405 g/mol. The van der Waals surface area contributed by atoms with Crippen molar-refractivity contribution in [2.45, 2.75) is 12.8 Å². The van der Waals surface area contributed by atoms with Gasteiger partial charge in [0.2, 0.25) is 0 Å². The molecule has 1 aromatic heterocycles. The Balaban J connectivity index is 1.31. The molecule has 0 fully saturated rings. The van der Waals surface area contributed by atoms with E-state index in [-0.39, 0.29) is 6.03 Å². The number of aromatic nitrogens is 1. The van der Waals surface area contributed by atoms with Gasteiger partial charge in [-0.2, -0.15) is 0 Å². The van der Waals surface area contributed by atoms with Crippen molar-refractivity contribution < 1.29 is 14.3 Å². The first-order valence-corrected chi connectivity index (χ1v) is 10.2. The van der Waals surface area contributed by atoms with Gasteiger partial charge in [0.15, 0.2) is 11.5 Å². The number of benzene rings is 2. The lowest BCUT2D eigenvalue weighted by atomic mass is 9.99. The van der Waals surface area contributed by atoms with E-state index in [4.69, 9.17) is 9.47 Å². The number of carbonyl (C=O) groups is 1. The molecule has 6 heteroatoms. The highest BCUT2D eigenvalue weighted by Crippen LogP contribution is 2.29. The summed E-state index contributed by atoms with van der Waals surface area (Å²) in [5.41, 5.74) is 4.76. The van der Waals surface area contributed by atoms with Crippen LogP contribution in [0, 0.1) is 0 Å². The van der Waals surface area contributed by atoms with E-state index >= 15 is 0 Å². The molecule has 0 radical (unpaired) electrons. The standard InChI is InChI=1S/C24H27N3O3/c1-29-22-8-7-17(15-23(22)30-2)9-12-25-24(28)27-13-10-18(11-14-27)20-16-26-21-6-4-3-5-19(20)21/h3-8,10,15-16,26H,9,11-14H2,1-2H3,(H,25,28). The van der Waals surface area contributed by atoms with Gasteiger partial charge in [-0.1, -0.05) is 30.3 Å². The maximum atomic E-state index is 12.6. The summed E-state index contributed by atoms with van der Waals surface area (Å²) in [5.74, 6) is 1.41. The molecular formula is C24H27N3O3. The number of nitrogens with zero attached hydrogens (tertiary/aromatic N) is 1. The first-order chi connectivity index (χ1) is 14.7. The zero-order valence-corrected chi connectivity index (χ0v) is 17.4. The van der Waals surface area contributed by atoms with Crippen LogP contribution in [0.5, 0.6) is 11.5 Å². The number of urea groups is 1. The summed E-state index contributed by atoms with van der Waals surface area (Å²) in [7, 11) is 3.24. The van der Waals surface area contributed by atoms with Crippen molar-refractivity contribution in [1.82, 2.24) is 15.2 Å². The third-order valence-corrected chi connectivity index (χ3v) is 5.57. The third-order valence-electron chi connectivity index (χ3n) is 5.57. The molecular weight excluding hydrogens is 378 g/mol. The Bertz CT molecular complexity index is 1070. The second-order valence-corrected chi connectivity index (χ2v) is 7.34. The van der Waals surface area contributed by atoms with Crippen LogP contribution in [0.15, 0.2) is 54.7 Å². The molecule has 2 amide bonds. The highest BCUT2D eigenvalue weighted by molar-refractivity contribution is 5.93. The number of hydrogen-bond acceptors (Lipinski definition) is 3. The molecule has 30 heavy (non-hydrogen) atoms. The van der Waals surface area contributed by atoms with Crippen LogP contribution >= 0.6 is 0 Å². The third kappa shape index (κ3) is 4.13. The van der Waals surface area contributed by atoms with Crippen molar-refractivity contribution in [1.29, 1.82) is 0 Å². The van der Waals surface area contributed by atoms with Crippen LogP contribution in [0.4, 0.5) is 4.79 Å². The molecule has 1 aliphatic rings. The quantitative estimate of drug-likeness (QED) is 0.645. The molecule has 2 heterocycles. The minimum Gasteiger partial charge on any atom is -0.493 e. The highest BCUT2D eigenvalue weighted by Gasteiger charge is 2.19. The van der Waals surface area contributed by atoms with Crippen LogP contribution in [0.3, 0.4) is 0 Å². The molecule has 1 aliphatic heterocycles. The summed E-state index contributed by atoms with van der Waals surface area (Å²) in [6.07, 6.45) is 5.81. The van der Waals surface area contributed by atoms with Crippen LogP contribution < -0.4 is 14.8 Å². The van der Waals surface area contributed by atoms with Gasteiger partial charge in [-0.25, -0.2) is 4.79 Å². The molecule has 0 saturated heterocycles. The summed E-state index contributed by atoms with van der Waals surface area (Å²) >= 11 is 0. The summed E-state index contributed by atoms with van der Waals surface area (Å²) in [4.78, 5) is 17.7. The number of H-pyrrole nitrogens is 1. The van der Waals surface area contributed by atoms with Crippen molar-refractivity contribution in [3.8, 4) is 11.5 Å². The summed E-state index contributed by atoms with van der Waals surface area (Å²) in [5, 5.41) is 4.26. The predicted octanol–water partition coefficient (Wildman–Crippen LogP) is 4.23. The lowest BCUT2D eigenvalue weighted by molar-refractivity contribution is 0.203. The van der Waals surface area contributed by atoms with E-state index in [2.05, 4.69) is 40.8 Å². The van der Waals surface area contributed by atoms with Gasteiger partial charge in [0.1, 0.15) is 0 Å². The first kappa shape index (κ1) is 19.9. The van der Waals surface area contributed by atoms with Gasteiger partial charge in [-0.05, 0) is 42.2 Å². The van der Waals surface area contributed by atoms with Crippen LogP contribution in [-0.4, -0.2) is 49.8 Å². The Morgan fingerprint density at radius 3 is 2.73 bits per heavy atom. The first-order valence-electron chi connectivity index (χ1n) is 10.2. The van der Waals surface area contributed by atoms with E-state index in [1.165, 1.54) is 16.5 Å². The number of carbonyl (C=O) groups excluding carboxylic acids is 1. The number of aromatic amines is 1. The van der Waals surface area contributed by atoms with E-state index in [0.29, 0.717) is 31.1 Å². The number of methoxy groups -OCH3 is 2. The summed E-state index contributed by atoms with van der Waals surface area (Å²) < 4.78 is 10.6. The molecule has 3 aromatic rings. The van der Waals surface area contributed by atoms with E-state index < -0.39 is 0 Å². The van der Waals surface area contributed by atoms with E-state index in [9.17, 15) is 4.79 Å². The van der Waals surface area contributed by atoms with Crippen molar-refractivity contribution in [2.24, 2.45) is 0 Å². The molecule has 0 bridgehead atoms. The van der Waals surface area contributed by atoms with Crippen molar-refractivity contribution >= 4 is 22.5 Å². The average molecular weight is 405 g/mol. The van der Waals surface area contributed by atoms with Crippen LogP contribution in [-0.2, 0) is 6.42 Å². The van der Waals surface area contributed by atoms with Crippen LogP contribution in [0.1, 0.15) is 17.5 Å². The van der Waals surface area contributed by atoms with Gasteiger partial charge < -0.3 is 24.7 Å². The molecule has 6 nitrogen and oxygen atoms in total. The fourth-order valence-corrected chi connectivity index (χ4v) is 3.90. The van der Waals surface area contributed by atoms with Crippen molar-refractivity contribution in [2.75, 3.05) is 33.9 Å². The average Bonchev–Trinajstić information content (AvgIpc) is 3.23. The summed E-state index contributed by atoms with van der Waals surface area (Å²) in [6.45, 7) is 1.91. The number of rotatable bonds is 6. The Hall–Kier alpha value is -3.41. The van der Waals surface area contributed by atoms with Crippen LogP contribution in [0.25, 0.3) is 16.5 Å². The smallest absolute Gasteiger partial charge is 0.317 e. The van der Waals surface area contributed by atoms with Gasteiger partial charge in [-0.3, -0.25) is 0 Å². The van der Waals surface area contributed by atoms with E-state index in [1.807, 2.05) is 29.2 Å². The molecule has 0 atom stereocenters. The maximum Gasteiger partial charge on any atom is 0.317 e. The maximum absolute atomic E-state index is 12.6. The number of hydrogen-bond donors (Lipinski definition) is 2. The number of fused-ring (bicyclic) bond motifs is 1. The van der Waals surface area contributed by atoms with Gasteiger partial charge in [0, 0.05) is 42.3 Å². The number of ether oxygens (including phenoxy) is 2. The predicted molar refractivity (Wildman–Crippen MR) is 119 cm³/mol. The molecule has 156 valence electrons. The molecule has 0 spiro atoms. The zero-order chi connectivity index (χ0) is 20.9. The summed E-state index contributed by atoms with van der Waals surface area (Å²) in [6, 6.07) is 14.1. The minimum atomic E-state index is -0.0234. The molecule has 4 rings (SSSR count). The van der Waals surface area contributed by atoms with Gasteiger partial charge in [0.05, 0.1) is 14.2 Å². The molecule has 2 aromatic carbocycles. The largest absolute Gasteiger partial charge is 0.493 e. The molecule has 0 saturated carbocycles. The van der Waals surface area contributed by atoms with E-state index in [0.717, 1.165) is 23.9 Å². The highest BCUT2D eigenvalue weighted by atomic mass is 16.5. The van der Waals surface area contributed by atoms with Gasteiger partial charge in [0.25, 0.3) is 0 Å². The lowest BCUT2D eigenvalue weighted by Crippen LogP contribution is -2.42. The van der Waals surface area contributed by atoms with Crippen LogP contribution in [0.2, 0.25) is 0 Å². The Labute approximate surface area is 176 Å². The Morgan fingerprint density at radius 2 is 1.97 bits per heavy atom. The fraction of sp³-hybridized carbons (Fsp3) is 0.292. The Morgan fingerprint density at radius 1 is 1.13 bits per heavy atom. The SMILES string of the molecule is COc1ccc(CCNC(=O)N2CC=C(c3c[nH]c4ccccc34)CC2)cc1OC. The number of nitrogens with one attached hydrogen (secondary N) is 2. The normalized spacial score (nSPS) is 13.8.